The molecule has 1 N–H and O–H groups in total. The zero-order chi connectivity index (χ0) is 21.1. The van der Waals surface area contributed by atoms with E-state index in [-0.39, 0.29) is 17.7 Å². The third-order valence-corrected chi connectivity index (χ3v) is 5.12. The van der Waals surface area contributed by atoms with Gasteiger partial charge in [0.05, 0.1) is 11.6 Å². The van der Waals surface area contributed by atoms with Crippen LogP contribution in [-0.4, -0.2) is 39.9 Å². The fraction of sp³-hybridized carbons (Fsp3) is 0.273. The van der Waals surface area contributed by atoms with Gasteiger partial charge in [-0.1, -0.05) is 17.3 Å². The van der Waals surface area contributed by atoms with Crippen LogP contribution in [0.3, 0.4) is 0 Å². The fourth-order valence-corrected chi connectivity index (χ4v) is 3.58. The van der Waals surface area contributed by atoms with Crippen molar-refractivity contribution >= 4 is 17.5 Å². The molecular formula is C22H21FN4O3. The number of piperidine rings is 1. The Balaban J connectivity index is 1.47. The molecule has 1 aliphatic rings. The van der Waals surface area contributed by atoms with Gasteiger partial charge in [0, 0.05) is 31.1 Å². The lowest BCUT2D eigenvalue weighted by molar-refractivity contribution is -0.121. The molecule has 154 valence electrons. The van der Waals surface area contributed by atoms with Gasteiger partial charge in [0.15, 0.2) is 0 Å². The number of aryl methyl sites for hydroxylation is 1. The van der Waals surface area contributed by atoms with Crippen LogP contribution in [-0.2, 0) is 4.79 Å². The molecule has 1 unspecified atom stereocenters. The van der Waals surface area contributed by atoms with E-state index in [0.717, 1.165) is 6.42 Å². The normalized spacial score (nSPS) is 16.3. The predicted octanol–water partition coefficient (Wildman–Crippen LogP) is 3.68. The zero-order valence-electron chi connectivity index (χ0n) is 16.5. The molecule has 0 spiro atoms. The SMILES string of the molecule is Cc1nc(-c2ccccc2NC(=O)C2CCCN(C(=O)c3ccc(F)cc3)C2)no1. The average Bonchev–Trinajstić information content (AvgIpc) is 3.20. The molecular weight excluding hydrogens is 387 g/mol. The lowest BCUT2D eigenvalue weighted by Crippen LogP contribution is -2.43. The smallest absolute Gasteiger partial charge is 0.253 e. The molecule has 1 aliphatic heterocycles. The molecule has 7 nitrogen and oxygen atoms in total. The van der Waals surface area contributed by atoms with Gasteiger partial charge in [0.25, 0.3) is 5.91 Å². The van der Waals surface area contributed by atoms with Gasteiger partial charge in [0.1, 0.15) is 5.82 Å². The van der Waals surface area contributed by atoms with Crippen molar-refractivity contribution in [1.82, 2.24) is 15.0 Å². The Bertz CT molecular complexity index is 1060. The van der Waals surface area contributed by atoms with Crippen molar-refractivity contribution in [2.45, 2.75) is 19.8 Å². The van der Waals surface area contributed by atoms with E-state index in [9.17, 15) is 14.0 Å². The van der Waals surface area contributed by atoms with Crippen molar-refractivity contribution in [3.63, 3.8) is 0 Å². The molecule has 30 heavy (non-hydrogen) atoms. The van der Waals surface area contributed by atoms with E-state index in [1.807, 2.05) is 18.2 Å². The molecule has 3 aromatic rings. The number of para-hydroxylation sites is 1. The molecule has 0 radical (unpaired) electrons. The number of nitrogens with one attached hydrogen (secondary N) is 1. The van der Waals surface area contributed by atoms with Crippen molar-refractivity contribution in [2.75, 3.05) is 18.4 Å². The third-order valence-electron chi connectivity index (χ3n) is 5.12. The molecule has 1 aromatic heterocycles. The van der Waals surface area contributed by atoms with E-state index < -0.39 is 5.82 Å². The number of benzene rings is 2. The number of carbonyl (C=O) groups excluding carboxylic acids is 2. The van der Waals surface area contributed by atoms with Crippen molar-refractivity contribution in [2.24, 2.45) is 5.92 Å². The first-order valence-electron chi connectivity index (χ1n) is 9.76. The Hall–Kier alpha value is -3.55. The minimum atomic E-state index is -0.391. The molecule has 1 atom stereocenters. The molecule has 0 bridgehead atoms. The minimum absolute atomic E-state index is 0.167. The van der Waals surface area contributed by atoms with E-state index >= 15 is 0 Å². The Morgan fingerprint density at radius 2 is 1.93 bits per heavy atom. The summed E-state index contributed by atoms with van der Waals surface area (Å²) >= 11 is 0. The highest BCUT2D eigenvalue weighted by Crippen LogP contribution is 2.27. The number of likely N-dealkylation sites (tertiary alicyclic amines) is 1. The fourth-order valence-electron chi connectivity index (χ4n) is 3.58. The topological polar surface area (TPSA) is 88.3 Å². The quantitative estimate of drug-likeness (QED) is 0.712. The largest absolute Gasteiger partial charge is 0.339 e. The van der Waals surface area contributed by atoms with Crippen molar-refractivity contribution < 1.29 is 18.5 Å². The average molecular weight is 408 g/mol. The Kier molecular flexibility index (Phi) is 5.56. The van der Waals surface area contributed by atoms with Crippen LogP contribution in [0.5, 0.6) is 0 Å². The number of hydrogen-bond donors (Lipinski definition) is 1. The van der Waals surface area contributed by atoms with Gasteiger partial charge in [-0.2, -0.15) is 4.98 Å². The molecule has 2 aromatic carbocycles. The summed E-state index contributed by atoms with van der Waals surface area (Å²) in [6.07, 6.45) is 1.40. The lowest BCUT2D eigenvalue weighted by Gasteiger charge is -2.32. The Labute approximate surface area is 172 Å². The van der Waals surface area contributed by atoms with Gasteiger partial charge in [-0.25, -0.2) is 4.39 Å². The number of carbonyl (C=O) groups is 2. The predicted molar refractivity (Wildman–Crippen MR) is 108 cm³/mol. The number of anilines is 1. The third kappa shape index (κ3) is 4.22. The van der Waals surface area contributed by atoms with Crippen LogP contribution in [0.15, 0.2) is 53.1 Å². The van der Waals surface area contributed by atoms with Gasteiger partial charge in [-0.05, 0) is 49.2 Å². The maximum absolute atomic E-state index is 13.1. The van der Waals surface area contributed by atoms with Gasteiger partial charge in [-0.15, -0.1) is 0 Å². The molecule has 4 rings (SSSR count). The molecule has 1 saturated heterocycles. The highest BCUT2D eigenvalue weighted by molar-refractivity contribution is 5.98. The molecule has 0 saturated carbocycles. The van der Waals surface area contributed by atoms with Gasteiger partial charge in [-0.3, -0.25) is 9.59 Å². The van der Waals surface area contributed by atoms with Crippen LogP contribution in [0.25, 0.3) is 11.4 Å². The standard InChI is InChI=1S/C22H21FN4O3/c1-14-24-20(26-30-14)18-6-2-3-7-19(18)25-21(28)16-5-4-12-27(13-16)22(29)15-8-10-17(23)11-9-15/h2-3,6-11,16H,4-5,12-13H2,1H3,(H,25,28). The van der Waals surface area contributed by atoms with E-state index in [0.29, 0.717) is 48.0 Å². The Morgan fingerprint density at radius 3 is 2.67 bits per heavy atom. The van der Waals surface area contributed by atoms with Gasteiger partial charge in [0.2, 0.25) is 17.6 Å². The van der Waals surface area contributed by atoms with Crippen LogP contribution in [0.2, 0.25) is 0 Å². The van der Waals surface area contributed by atoms with Crippen molar-refractivity contribution in [3.8, 4) is 11.4 Å². The summed E-state index contributed by atoms with van der Waals surface area (Å²) in [6.45, 7) is 2.58. The van der Waals surface area contributed by atoms with Crippen LogP contribution >= 0.6 is 0 Å². The van der Waals surface area contributed by atoms with Crippen LogP contribution in [0, 0.1) is 18.7 Å². The number of amides is 2. The second-order valence-electron chi connectivity index (χ2n) is 7.27. The van der Waals surface area contributed by atoms with Crippen LogP contribution in [0.4, 0.5) is 10.1 Å². The van der Waals surface area contributed by atoms with E-state index in [1.165, 1.54) is 24.3 Å². The van der Waals surface area contributed by atoms with Crippen molar-refractivity contribution in [1.29, 1.82) is 0 Å². The van der Waals surface area contributed by atoms with Gasteiger partial charge >= 0.3 is 0 Å². The summed E-state index contributed by atoms with van der Waals surface area (Å²) in [5.41, 5.74) is 1.67. The summed E-state index contributed by atoms with van der Waals surface area (Å²) in [7, 11) is 0. The first-order chi connectivity index (χ1) is 14.5. The summed E-state index contributed by atoms with van der Waals surface area (Å²) in [5, 5.41) is 6.87. The van der Waals surface area contributed by atoms with Gasteiger partial charge < -0.3 is 14.7 Å². The summed E-state index contributed by atoms with van der Waals surface area (Å²) in [4.78, 5) is 31.5. The molecule has 2 amide bonds. The number of nitrogens with zero attached hydrogens (tertiary/aromatic N) is 3. The van der Waals surface area contributed by atoms with Crippen molar-refractivity contribution in [3.05, 3.63) is 65.8 Å². The molecule has 8 heteroatoms. The van der Waals surface area contributed by atoms with E-state index in [2.05, 4.69) is 15.5 Å². The van der Waals surface area contributed by atoms with Crippen LogP contribution in [0.1, 0.15) is 29.1 Å². The number of halogens is 1. The number of rotatable bonds is 4. The zero-order valence-corrected chi connectivity index (χ0v) is 16.5. The summed E-state index contributed by atoms with van der Waals surface area (Å²) in [5.74, 6) is -0.260. The molecule has 1 fully saturated rings. The highest BCUT2D eigenvalue weighted by Gasteiger charge is 2.29. The van der Waals surface area contributed by atoms with E-state index in [1.54, 1.807) is 17.9 Å². The number of hydrogen-bond acceptors (Lipinski definition) is 5. The van der Waals surface area contributed by atoms with E-state index in [4.69, 9.17) is 4.52 Å². The summed E-state index contributed by atoms with van der Waals surface area (Å²) in [6, 6.07) is 12.7. The first kappa shape index (κ1) is 19.8. The maximum Gasteiger partial charge on any atom is 0.253 e. The Morgan fingerprint density at radius 1 is 1.17 bits per heavy atom. The maximum atomic E-state index is 13.1. The highest BCUT2D eigenvalue weighted by atomic mass is 19.1. The first-order valence-corrected chi connectivity index (χ1v) is 9.76. The second-order valence-corrected chi connectivity index (χ2v) is 7.27. The molecule has 2 heterocycles. The lowest BCUT2D eigenvalue weighted by atomic mass is 9.96. The number of aromatic nitrogens is 2. The summed E-state index contributed by atoms with van der Waals surface area (Å²) < 4.78 is 18.2. The minimum Gasteiger partial charge on any atom is -0.339 e. The second kappa shape index (κ2) is 8.44. The monoisotopic (exact) mass is 408 g/mol. The molecule has 0 aliphatic carbocycles. The van der Waals surface area contributed by atoms with Crippen LogP contribution < -0.4 is 5.32 Å².